The largest absolute Gasteiger partial charge is 0.396 e. The summed E-state index contributed by atoms with van der Waals surface area (Å²) in [6.07, 6.45) is 8.59. The fraction of sp³-hybridized carbons (Fsp3) is 0.429. The molecule has 1 aliphatic heterocycles. The molecule has 1 N–H and O–H groups in total. The van der Waals surface area contributed by atoms with Gasteiger partial charge in [0.2, 0.25) is 5.91 Å². The molecule has 1 saturated heterocycles. The Hall–Kier alpha value is -1.68. The molecule has 96 valence electrons. The highest BCUT2D eigenvalue weighted by Gasteiger charge is 2.20. The van der Waals surface area contributed by atoms with E-state index in [2.05, 4.69) is 4.98 Å². The van der Waals surface area contributed by atoms with Gasteiger partial charge in [0, 0.05) is 38.2 Å². The lowest BCUT2D eigenvalue weighted by Crippen LogP contribution is -2.38. The lowest BCUT2D eigenvalue weighted by molar-refractivity contribution is -0.127. The predicted octanol–water partition coefficient (Wildman–Crippen LogP) is 1.33. The summed E-state index contributed by atoms with van der Waals surface area (Å²) in [6, 6.07) is 3.76. The number of pyridine rings is 1. The van der Waals surface area contributed by atoms with Crippen molar-refractivity contribution < 1.29 is 9.90 Å². The predicted molar refractivity (Wildman–Crippen MR) is 69.7 cm³/mol. The van der Waals surface area contributed by atoms with Crippen LogP contribution in [0.1, 0.15) is 18.4 Å². The maximum atomic E-state index is 11.9. The van der Waals surface area contributed by atoms with Crippen molar-refractivity contribution in [3.8, 4) is 0 Å². The number of hydrogen-bond donors (Lipinski definition) is 1. The molecule has 4 nitrogen and oxygen atoms in total. The molecule has 0 unspecified atom stereocenters. The molecular weight excluding hydrogens is 228 g/mol. The molecule has 2 rings (SSSR count). The molecule has 0 aliphatic carbocycles. The number of rotatable bonds is 3. The molecule has 2 heterocycles. The van der Waals surface area contributed by atoms with Gasteiger partial charge < -0.3 is 10.0 Å². The van der Waals surface area contributed by atoms with Crippen LogP contribution in [0.2, 0.25) is 0 Å². The van der Waals surface area contributed by atoms with Crippen molar-refractivity contribution in [2.45, 2.75) is 12.8 Å². The van der Waals surface area contributed by atoms with E-state index in [1.54, 1.807) is 24.5 Å². The fourth-order valence-electron chi connectivity index (χ4n) is 2.08. The third-order valence-electron chi connectivity index (χ3n) is 3.29. The highest BCUT2D eigenvalue weighted by atomic mass is 16.3. The first-order chi connectivity index (χ1) is 8.79. The molecule has 4 heteroatoms. The van der Waals surface area contributed by atoms with Crippen LogP contribution in [0.4, 0.5) is 0 Å². The Balaban J connectivity index is 1.87. The summed E-state index contributed by atoms with van der Waals surface area (Å²) in [5.41, 5.74) is 0.927. The van der Waals surface area contributed by atoms with E-state index in [0.717, 1.165) is 31.5 Å². The van der Waals surface area contributed by atoms with Gasteiger partial charge in [-0.2, -0.15) is 0 Å². The Labute approximate surface area is 107 Å². The first-order valence-electron chi connectivity index (χ1n) is 6.27. The summed E-state index contributed by atoms with van der Waals surface area (Å²) < 4.78 is 0. The zero-order chi connectivity index (χ0) is 12.8. The minimum atomic E-state index is 0.0373. The van der Waals surface area contributed by atoms with Gasteiger partial charge in [-0.1, -0.05) is 6.07 Å². The normalized spacial score (nSPS) is 17.3. The van der Waals surface area contributed by atoms with Gasteiger partial charge in [0.1, 0.15) is 0 Å². The second kappa shape index (κ2) is 6.31. The molecule has 0 aromatic carbocycles. The van der Waals surface area contributed by atoms with Gasteiger partial charge >= 0.3 is 0 Å². The molecule has 18 heavy (non-hydrogen) atoms. The van der Waals surface area contributed by atoms with Crippen molar-refractivity contribution in [1.82, 2.24) is 9.88 Å². The monoisotopic (exact) mass is 246 g/mol. The second-order valence-corrected chi connectivity index (χ2v) is 4.57. The van der Waals surface area contributed by atoms with Crippen molar-refractivity contribution in [2.75, 3.05) is 19.7 Å². The lowest BCUT2D eigenvalue weighted by atomic mass is 9.98. The molecule has 1 aromatic rings. The molecule has 0 spiro atoms. The third kappa shape index (κ3) is 3.40. The zero-order valence-corrected chi connectivity index (χ0v) is 10.3. The summed E-state index contributed by atoms with van der Waals surface area (Å²) in [5, 5.41) is 9.04. The number of aliphatic hydroxyl groups is 1. The Morgan fingerprint density at radius 2 is 2.28 bits per heavy atom. The number of nitrogens with zero attached hydrogens (tertiary/aromatic N) is 2. The van der Waals surface area contributed by atoms with Gasteiger partial charge in [0.15, 0.2) is 0 Å². The molecule has 0 atom stereocenters. The number of amides is 1. The number of carbonyl (C=O) groups excluding carboxylic acids is 1. The standard InChI is InChI=1S/C14H18N2O2/c17-11-13-5-8-16(9-6-13)14(18)4-3-12-2-1-7-15-10-12/h1-4,7,10,13,17H,5-6,8-9,11H2/b4-3+. The summed E-state index contributed by atoms with van der Waals surface area (Å²) >= 11 is 0. The van der Waals surface area contributed by atoms with Crippen LogP contribution >= 0.6 is 0 Å². The van der Waals surface area contributed by atoms with Crippen molar-refractivity contribution in [3.05, 3.63) is 36.2 Å². The second-order valence-electron chi connectivity index (χ2n) is 4.57. The van der Waals surface area contributed by atoms with E-state index in [4.69, 9.17) is 5.11 Å². The zero-order valence-electron chi connectivity index (χ0n) is 10.3. The first-order valence-corrected chi connectivity index (χ1v) is 6.27. The average Bonchev–Trinajstić information content (AvgIpc) is 2.46. The first kappa shape index (κ1) is 12.8. The maximum absolute atomic E-state index is 11.9. The Kier molecular flexibility index (Phi) is 4.47. The maximum Gasteiger partial charge on any atom is 0.246 e. The molecular formula is C14H18N2O2. The fourth-order valence-corrected chi connectivity index (χ4v) is 2.08. The van der Waals surface area contributed by atoms with E-state index < -0.39 is 0 Å². The Morgan fingerprint density at radius 1 is 1.50 bits per heavy atom. The number of carbonyl (C=O) groups is 1. The topological polar surface area (TPSA) is 53.4 Å². The van der Waals surface area contributed by atoms with E-state index in [1.165, 1.54) is 0 Å². The molecule has 1 amide bonds. The molecule has 0 bridgehead atoms. The quantitative estimate of drug-likeness (QED) is 0.818. The highest BCUT2D eigenvalue weighted by molar-refractivity contribution is 5.91. The lowest BCUT2D eigenvalue weighted by Gasteiger charge is -2.30. The number of aromatic nitrogens is 1. The van der Waals surface area contributed by atoms with Crippen LogP contribution in [-0.4, -0.2) is 40.6 Å². The van der Waals surface area contributed by atoms with Crippen LogP contribution < -0.4 is 0 Å². The SMILES string of the molecule is O=C(/C=C/c1cccnc1)N1CCC(CO)CC1. The van der Waals surface area contributed by atoms with E-state index in [1.807, 2.05) is 17.0 Å². The molecule has 1 aromatic heterocycles. The number of aliphatic hydroxyl groups excluding tert-OH is 1. The Bertz CT molecular complexity index is 409. The smallest absolute Gasteiger partial charge is 0.246 e. The number of likely N-dealkylation sites (tertiary alicyclic amines) is 1. The Morgan fingerprint density at radius 3 is 2.89 bits per heavy atom. The molecule has 0 saturated carbocycles. The van der Waals surface area contributed by atoms with Gasteiger partial charge in [-0.15, -0.1) is 0 Å². The van der Waals surface area contributed by atoms with Crippen LogP contribution in [0, 0.1) is 5.92 Å². The van der Waals surface area contributed by atoms with Crippen LogP contribution in [0.5, 0.6) is 0 Å². The highest BCUT2D eigenvalue weighted by Crippen LogP contribution is 2.16. The summed E-state index contributed by atoms with van der Waals surface area (Å²) in [7, 11) is 0. The molecule has 1 fully saturated rings. The van der Waals surface area contributed by atoms with Crippen molar-refractivity contribution in [2.24, 2.45) is 5.92 Å². The van der Waals surface area contributed by atoms with Crippen LogP contribution in [0.15, 0.2) is 30.6 Å². The van der Waals surface area contributed by atoms with Crippen LogP contribution in [0.3, 0.4) is 0 Å². The van der Waals surface area contributed by atoms with Gasteiger partial charge in [-0.3, -0.25) is 9.78 Å². The summed E-state index contributed by atoms with van der Waals surface area (Å²) in [6.45, 7) is 1.70. The van der Waals surface area contributed by atoms with Gasteiger partial charge in [0.05, 0.1) is 0 Å². The van der Waals surface area contributed by atoms with E-state index in [-0.39, 0.29) is 12.5 Å². The van der Waals surface area contributed by atoms with Crippen molar-refractivity contribution >= 4 is 12.0 Å². The summed E-state index contributed by atoms with van der Waals surface area (Å²) in [4.78, 5) is 17.7. The van der Waals surface area contributed by atoms with Gasteiger partial charge in [0.25, 0.3) is 0 Å². The van der Waals surface area contributed by atoms with Crippen LogP contribution in [0.25, 0.3) is 6.08 Å². The third-order valence-corrected chi connectivity index (χ3v) is 3.29. The van der Waals surface area contributed by atoms with Crippen molar-refractivity contribution in [3.63, 3.8) is 0 Å². The van der Waals surface area contributed by atoms with Gasteiger partial charge in [-0.25, -0.2) is 0 Å². The van der Waals surface area contributed by atoms with Gasteiger partial charge in [-0.05, 0) is 36.5 Å². The van der Waals surface area contributed by atoms with E-state index in [0.29, 0.717) is 5.92 Å². The summed E-state index contributed by atoms with van der Waals surface area (Å²) in [5.74, 6) is 0.395. The van der Waals surface area contributed by atoms with Crippen molar-refractivity contribution in [1.29, 1.82) is 0 Å². The average molecular weight is 246 g/mol. The minimum Gasteiger partial charge on any atom is -0.396 e. The van der Waals surface area contributed by atoms with E-state index >= 15 is 0 Å². The van der Waals surface area contributed by atoms with Crippen LogP contribution in [-0.2, 0) is 4.79 Å². The number of piperidine rings is 1. The molecule has 0 radical (unpaired) electrons. The molecule has 1 aliphatic rings. The number of hydrogen-bond acceptors (Lipinski definition) is 3. The van der Waals surface area contributed by atoms with E-state index in [9.17, 15) is 4.79 Å². The minimum absolute atomic E-state index is 0.0373.